The second-order valence-electron chi connectivity index (χ2n) is 6.41. The molecule has 9 heteroatoms. The maximum atomic E-state index is 14.9. The van der Waals surface area contributed by atoms with Crippen LogP contribution < -0.4 is 10.6 Å². The molecule has 2 heterocycles. The molecule has 6 nitrogen and oxygen atoms in total. The lowest BCUT2D eigenvalue weighted by Crippen LogP contribution is -2.30. The van der Waals surface area contributed by atoms with Gasteiger partial charge in [-0.15, -0.1) is 0 Å². The zero-order chi connectivity index (χ0) is 20.5. The van der Waals surface area contributed by atoms with Crippen LogP contribution in [-0.4, -0.2) is 30.4 Å². The van der Waals surface area contributed by atoms with Crippen LogP contribution in [0.5, 0.6) is 0 Å². The summed E-state index contributed by atoms with van der Waals surface area (Å²) in [6.07, 6.45) is 3.78. The first-order valence-corrected chi connectivity index (χ1v) is 8.56. The molecule has 0 spiro atoms. The van der Waals surface area contributed by atoms with Gasteiger partial charge in [-0.05, 0) is 24.3 Å². The number of Topliss-reactive ketones (excluding diaryl/α,β-unsaturated/α-hetero) is 1. The molecule has 2 atom stereocenters. The van der Waals surface area contributed by atoms with Gasteiger partial charge in [0.15, 0.2) is 11.6 Å². The lowest BCUT2D eigenvalue weighted by molar-refractivity contribution is 0.101. The summed E-state index contributed by atoms with van der Waals surface area (Å²) in [7, 11) is 0. The van der Waals surface area contributed by atoms with Crippen molar-refractivity contribution in [3.8, 4) is 0 Å². The number of amides is 1. The van der Waals surface area contributed by atoms with Gasteiger partial charge in [-0.25, -0.2) is 23.2 Å². The minimum Gasteiger partial charge on any atom is -0.369 e. The second kappa shape index (κ2) is 7.34. The van der Waals surface area contributed by atoms with E-state index in [4.69, 9.17) is 0 Å². The normalized spacial score (nSPS) is 19.3. The van der Waals surface area contributed by atoms with Crippen molar-refractivity contribution >= 4 is 29.9 Å². The van der Waals surface area contributed by atoms with Crippen LogP contribution in [-0.2, 0) is 0 Å². The van der Waals surface area contributed by atoms with Crippen LogP contribution in [0.3, 0.4) is 0 Å². The third kappa shape index (κ3) is 3.54. The number of hydrogen-bond acceptors (Lipinski definition) is 5. The summed E-state index contributed by atoms with van der Waals surface area (Å²) in [6, 6.07) is 6.24. The standard InChI is InChI=1S/C20H13F3N4O2/c21-11-3-1-2-10(4-11)20(29)27-16-6-12(22)5-13(17(16)23)18(28)14-8-25-19-15(14)7-24-9-26-19/h1-9,15,19,25H,(H,27,29). The van der Waals surface area contributed by atoms with Crippen molar-refractivity contribution in [3.05, 3.63) is 76.7 Å². The maximum absolute atomic E-state index is 14.9. The summed E-state index contributed by atoms with van der Waals surface area (Å²) in [5.74, 6) is -4.78. The SMILES string of the molecule is O=C(Nc1cc(F)cc(C(=O)C2=CNC3N=CN=CC23)c1F)c1cccc(F)c1. The van der Waals surface area contributed by atoms with E-state index < -0.39 is 52.5 Å². The van der Waals surface area contributed by atoms with Crippen LogP contribution in [0.25, 0.3) is 0 Å². The zero-order valence-corrected chi connectivity index (χ0v) is 14.7. The molecule has 4 rings (SSSR count). The molecular formula is C20H13F3N4O2. The minimum atomic E-state index is -1.10. The molecule has 0 saturated heterocycles. The second-order valence-corrected chi connectivity index (χ2v) is 6.41. The van der Waals surface area contributed by atoms with Gasteiger partial charge in [0, 0.05) is 29.6 Å². The van der Waals surface area contributed by atoms with Gasteiger partial charge in [-0.3, -0.25) is 9.59 Å². The Morgan fingerprint density at radius 2 is 1.90 bits per heavy atom. The van der Waals surface area contributed by atoms with Gasteiger partial charge in [-0.2, -0.15) is 0 Å². The summed E-state index contributed by atoms with van der Waals surface area (Å²) < 4.78 is 42.3. The van der Waals surface area contributed by atoms with Gasteiger partial charge in [-0.1, -0.05) is 6.07 Å². The number of nitrogens with zero attached hydrogens (tertiary/aromatic N) is 2. The largest absolute Gasteiger partial charge is 0.369 e. The van der Waals surface area contributed by atoms with Crippen molar-refractivity contribution < 1.29 is 22.8 Å². The van der Waals surface area contributed by atoms with Crippen molar-refractivity contribution in [3.63, 3.8) is 0 Å². The highest BCUT2D eigenvalue weighted by Crippen LogP contribution is 2.29. The molecule has 2 aliphatic heterocycles. The Hall–Kier alpha value is -3.75. The number of nitrogens with one attached hydrogen (secondary N) is 2. The Bertz CT molecular complexity index is 1110. The molecule has 0 radical (unpaired) electrons. The fourth-order valence-corrected chi connectivity index (χ4v) is 3.13. The van der Waals surface area contributed by atoms with Gasteiger partial charge < -0.3 is 10.6 Å². The number of halogens is 3. The predicted molar refractivity (Wildman–Crippen MR) is 101 cm³/mol. The molecule has 0 bridgehead atoms. The molecule has 2 N–H and O–H groups in total. The van der Waals surface area contributed by atoms with E-state index in [1.54, 1.807) is 0 Å². The monoisotopic (exact) mass is 398 g/mol. The number of aliphatic imine (C=N–C) groups is 2. The van der Waals surface area contributed by atoms with E-state index in [2.05, 4.69) is 20.6 Å². The molecule has 146 valence electrons. The minimum absolute atomic E-state index is 0.0802. The Kier molecular flexibility index (Phi) is 4.71. The number of fused-ring (bicyclic) bond motifs is 1. The van der Waals surface area contributed by atoms with Gasteiger partial charge in [0.2, 0.25) is 0 Å². The van der Waals surface area contributed by atoms with Gasteiger partial charge >= 0.3 is 0 Å². The summed E-state index contributed by atoms with van der Waals surface area (Å²) >= 11 is 0. The van der Waals surface area contributed by atoms with Crippen LogP contribution >= 0.6 is 0 Å². The number of ketones is 1. The van der Waals surface area contributed by atoms with Gasteiger partial charge in [0.1, 0.15) is 24.1 Å². The number of carbonyl (C=O) groups is 2. The number of anilines is 1. The first kappa shape index (κ1) is 18.6. The van der Waals surface area contributed by atoms with Crippen LogP contribution in [0.1, 0.15) is 20.7 Å². The maximum Gasteiger partial charge on any atom is 0.255 e. The lowest BCUT2D eigenvalue weighted by Gasteiger charge is -2.17. The van der Waals surface area contributed by atoms with E-state index in [0.717, 1.165) is 24.3 Å². The average molecular weight is 398 g/mol. The molecule has 2 aromatic carbocycles. The summed E-state index contributed by atoms with van der Waals surface area (Å²) in [5.41, 5.74) is -0.983. The fraction of sp³-hybridized carbons (Fsp3) is 0.100. The summed E-state index contributed by atoms with van der Waals surface area (Å²) in [4.78, 5) is 33.0. The number of carbonyl (C=O) groups excluding carboxylic acids is 2. The van der Waals surface area contributed by atoms with Crippen molar-refractivity contribution in [1.29, 1.82) is 0 Å². The Morgan fingerprint density at radius 1 is 1.07 bits per heavy atom. The third-order valence-corrected chi connectivity index (χ3v) is 4.53. The number of hydrogen-bond donors (Lipinski definition) is 2. The van der Waals surface area contributed by atoms with Crippen LogP contribution in [0.4, 0.5) is 18.9 Å². The average Bonchev–Trinajstić information content (AvgIpc) is 3.14. The smallest absolute Gasteiger partial charge is 0.255 e. The predicted octanol–water partition coefficient (Wildman–Crippen LogP) is 3.08. The molecule has 0 saturated carbocycles. The summed E-state index contributed by atoms with van der Waals surface area (Å²) in [5, 5.41) is 5.05. The number of benzene rings is 2. The van der Waals surface area contributed by atoms with Gasteiger partial charge in [0.05, 0.1) is 17.2 Å². The van der Waals surface area contributed by atoms with Gasteiger partial charge in [0.25, 0.3) is 5.91 Å². The van der Waals surface area contributed by atoms with E-state index in [1.807, 2.05) is 0 Å². The van der Waals surface area contributed by atoms with Crippen molar-refractivity contribution in [2.45, 2.75) is 6.17 Å². The van der Waals surface area contributed by atoms with Crippen molar-refractivity contribution in [2.75, 3.05) is 5.32 Å². The Balaban J connectivity index is 1.63. The molecule has 29 heavy (non-hydrogen) atoms. The third-order valence-electron chi connectivity index (χ3n) is 4.53. The molecule has 0 aromatic heterocycles. The molecule has 1 amide bonds. The molecular weight excluding hydrogens is 385 g/mol. The van der Waals surface area contributed by atoms with E-state index in [-0.39, 0.29) is 11.1 Å². The molecule has 2 aromatic rings. The molecule has 2 unspecified atom stereocenters. The molecule has 0 fully saturated rings. The van der Waals surface area contributed by atoms with E-state index in [0.29, 0.717) is 0 Å². The Labute approximate surface area is 162 Å². The van der Waals surface area contributed by atoms with E-state index >= 15 is 0 Å². The van der Waals surface area contributed by atoms with Crippen LogP contribution in [0, 0.1) is 23.4 Å². The highest BCUT2D eigenvalue weighted by Gasteiger charge is 2.35. The summed E-state index contributed by atoms with van der Waals surface area (Å²) in [6.45, 7) is 0. The molecule has 2 aliphatic rings. The van der Waals surface area contributed by atoms with Crippen molar-refractivity contribution in [1.82, 2.24) is 5.32 Å². The van der Waals surface area contributed by atoms with Crippen LogP contribution in [0.15, 0.2) is 58.2 Å². The van der Waals surface area contributed by atoms with Crippen LogP contribution in [0.2, 0.25) is 0 Å². The van der Waals surface area contributed by atoms with E-state index in [1.165, 1.54) is 30.9 Å². The zero-order valence-electron chi connectivity index (χ0n) is 14.7. The van der Waals surface area contributed by atoms with E-state index in [9.17, 15) is 22.8 Å². The topological polar surface area (TPSA) is 82.9 Å². The lowest BCUT2D eigenvalue weighted by atomic mass is 9.92. The highest BCUT2D eigenvalue weighted by molar-refractivity contribution is 6.13. The van der Waals surface area contributed by atoms with Crippen molar-refractivity contribution in [2.24, 2.45) is 15.9 Å². The number of rotatable bonds is 4. The fourth-order valence-electron chi connectivity index (χ4n) is 3.13. The molecule has 0 aliphatic carbocycles. The quantitative estimate of drug-likeness (QED) is 0.777. The first-order valence-electron chi connectivity index (χ1n) is 8.56. The first-order chi connectivity index (χ1) is 13.9. The Morgan fingerprint density at radius 3 is 2.69 bits per heavy atom. The highest BCUT2D eigenvalue weighted by atomic mass is 19.1.